The average Bonchev–Trinajstić information content (AvgIpc) is 3.21. The summed E-state index contributed by atoms with van der Waals surface area (Å²) < 4.78 is 1.14. The third kappa shape index (κ3) is 2.84. The van der Waals surface area contributed by atoms with Gasteiger partial charge in [0.2, 0.25) is 5.78 Å². The predicted molar refractivity (Wildman–Crippen MR) is 111 cm³/mol. The first-order valence-electron chi connectivity index (χ1n) is 9.50. The van der Waals surface area contributed by atoms with Gasteiger partial charge in [-0.15, -0.1) is 11.3 Å². The largest absolute Gasteiger partial charge is 0.351 e. The van der Waals surface area contributed by atoms with Crippen molar-refractivity contribution < 1.29 is 4.79 Å². The second kappa shape index (κ2) is 6.88. The molecule has 2 nitrogen and oxygen atoms in total. The number of hydrogen-bond acceptors (Lipinski definition) is 2. The molecule has 26 heavy (non-hydrogen) atoms. The monoisotopic (exact) mass is 363 g/mol. The van der Waals surface area contributed by atoms with Crippen molar-refractivity contribution >= 4 is 32.9 Å². The lowest BCUT2D eigenvalue weighted by atomic mass is 9.82. The summed E-state index contributed by atoms with van der Waals surface area (Å²) in [4.78, 5) is 16.8. The van der Waals surface area contributed by atoms with E-state index in [4.69, 9.17) is 0 Å². The minimum absolute atomic E-state index is 0.127. The highest BCUT2D eigenvalue weighted by molar-refractivity contribution is 7.17. The van der Waals surface area contributed by atoms with Crippen molar-refractivity contribution in [3.8, 4) is 0 Å². The first-order chi connectivity index (χ1) is 12.6. The Balaban J connectivity index is 1.84. The molecule has 3 aromatic rings. The number of hydrogen-bond donors (Lipinski definition) is 1. The van der Waals surface area contributed by atoms with Crippen molar-refractivity contribution in [1.82, 2.24) is 4.98 Å². The van der Waals surface area contributed by atoms with Crippen LogP contribution in [0.25, 0.3) is 15.8 Å². The van der Waals surface area contributed by atoms with Crippen molar-refractivity contribution in [2.45, 2.75) is 46.0 Å². The van der Waals surface area contributed by atoms with Crippen LogP contribution in [-0.4, -0.2) is 10.8 Å². The van der Waals surface area contributed by atoms with Gasteiger partial charge in [0.1, 0.15) is 0 Å². The van der Waals surface area contributed by atoms with Gasteiger partial charge in [0, 0.05) is 5.57 Å². The number of aromatic amines is 1. The second-order valence-electron chi connectivity index (χ2n) is 7.49. The predicted octanol–water partition coefficient (Wildman–Crippen LogP) is 6.81. The van der Waals surface area contributed by atoms with Crippen LogP contribution in [0.1, 0.15) is 67.6 Å². The van der Waals surface area contributed by atoms with E-state index in [9.17, 15) is 4.79 Å². The fraction of sp³-hybridized carbons (Fsp3) is 0.348. The van der Waals surface area contributed by atoms with E-state index in [2.05, 4.69) is 55.4 Å². The van der Waals surface area contributed by atoms with E-state index in [1.165, 1.54) is 24.0 Å². The van der Waals surface area contributed by atoms with Crippen molar-refractivity contribution in [2.75, 3.05) is 0 Å². The molecular weight excluding hydrogens is 338 g/mol. The molecule has 3 heteroatoms. The molecule has 1 aromatic carbocycles. The van der Waals surface area contributed by atoms with E-state index in [-0.39, 0.29) is 5.78 Å². The van der Waals surface area contributed by atoms with Crippen LogP contribution < -0.4 is 0 Å². The van der Waals surface area contributed by atoms with Gasteiger partial charge in [-0.05, 0) is 60.2 Å². The molecule has 1 N–H and O–H groups in total. The van der Waals surface area contributed by atoms with Crippen LogP contribution in [0.4, 0.5) is 0 Å². The third-order valence-electron chi connectivity index (χ3n) is 5.79. The first kappa shape index (κ1) is 17.3. The number of nitrogens with one attached hydrogen (secondary N) is 1. The molecule has 2 heterocycles. The molecule has 0 aliphatic heterocycles. The van der Waals surface area contributed by atoms with Crippen LogP contribution in [0.5, 0.6) is 0 Å². The quantitative estimate of drug-likeness (QED) is 0.507. The maximum Gasteiger partial charge on any atom is 0.209 e. The standard InChI is InChI=1S/C23H25NOS/c1-4-7-16-12-14(2)22(18-9-6-5-8-17(18)15(16)3)23(25)20-13-21-19(24-20)10-11-26-21/h5-6,8-11,13,15-16,24H,4,7,12H2,1-3H3. The lowest BCUT2D eigenvalue weighted by molar-refractivity contribution is 0.105. The average molecular weight is 364 g/mol. The van der Waals surface area contributed by atoms with Crippen molar-refractivity contribution in [2.24, 2.45) is 5.92 Å². The summed E-state index contributed by atoms with van der Waals surface area (Å²) in [5.74, 6) is 1.19. The molecule has 2 atom stereocenters. The number of rotatable bonds is 4. The Morgan fingerprint density at radius 3 is 2.85 bits per heavy atom. The zero-order valence-electron chi connectivity index (χ0n) is 15.6. The number of ketones is 1. The van der Waals surface area contributed by atoms with Gasteiger partial charge >= 0.3 is 0 Å². The van der Waals surface area contributed by atoms with E-state index in [0.29, 0.717) is 17.5 Å². The molecule has 1 aliphatic carbocycles. The SMILES string of the molecule is CCCC1CC(C)=C(C(=O)c2cc3sccc3[nH]2)c2ccccc2C1C. The molecule has 134 valence electrons. The first-order valence-corrected chi connectivity index (χ1v) is 10.4. The van der Waals surface area contributed by atoms with Gasteiger partial charge in [-0.1, -0.05) is 50.1 Å². The molecule has 0 fully saturated rings. The number of carbonyl (C=O) groups excluding carboxylic acids is 1. The number of fused-ring (bicyclic) bond motifs is 2. The Hall–Kier alpha value is -2.13. The summed E-state index contributed by atoms with van der Waals surface area (Å²) in [5, 5.41) is 2.05. The van der Waals surface area contributed by atoms with E-state index >= 15 is 0 Å². The van der Waals surface area contributed by atoms with Crippen LogP contribution in [0, 0.1) is 5.92 Å². The summed E-state index contributed by atoms with van der Waals surface area (Å²) in [7, 11) is 0. The van der Waals surface area contributed by atoms with Crippen LogP contribution in [-0.2, 0) is 0 Å². The maximum absolute atomic E-state index is 13.5. The molecule has 0 spiro atoms. The number of carbonyl (C=O) groups is 1. The van der Waals surface area contributed by atoms with E-state index in [1.54, 1.807) is 11.3 Å². The van der Waals surface area contributed by atoms with Gasteiger partial charge < -0.3 is 4.98 Å². The van der Waals surface area contributed by atoms with Gasteiger partial charge in [-0.2, -0.15) is 0 Å². The zero-order chi connectivity index (χ0) is 18.3. The van der Waals surface area contributed by atoms with Crippen LogP contribution in [0.3, 0.4) is 0 Å². The van der Waals surface area contributed by atoms with E-state index < -0.39 is 0 Å². The Labute approximate surface area is 159 Å². The van der Waals surface area contributed by atoms with Crippen molar-refractivity contribution in [3.05, 3.63) is 64.2 Å². The molecule has 1 aliphatic rings. The number of allylic oxidation sites excluding steroid dienone is 2. The number of aromatic nitrogens is 1. The summed E-state index contributed by atoms with van der Waals surface area (Å²) >= 11 is 1.67. The second-order valence-corrected chi connectivity index (χ2v) is 8.44. The summed E-state index contributed by atoms with van der Waals surface area (Å²) in [5.41, 5.74) is 6.33. The molecule has 4 rings (SSSR count). The minimum Gasteiger partial charge on any atom is -0.351 e. The minimum atomic E-state index is 0.127. The highest BCUT2D eigenvalue weighted by Crippen LogP contribution is 2.42. The maximum atomic E-state index is 13.5. The molecule has 2 unspecified atom stereocenters. The van der Waals surface area contributed by atoms with Gasteiger partial charge in [-0.3, -0.25) is 4.79 Å². The van der Waals surface area contributed by atoms with E-state index in [1.807, 2.05) is 12.1 Å². The Morgan fingerprint density at radius 2 is 2.08 bits per heavy atom. The highest BCUT2D eigenvalue weighted by Gasteiger charge is 2.30. The van der Waals surface area contributed by atoms with Crippen LogP contribution >= 0.6 is 11.3 Å². The molecule has 0 amide bonds. The Kier molecular flexibility index (Phi) is 4.58. The highest BCUT2D eigenvalue weighted by atomic mass is 32.1. The van der Waals surface area contributed by atoms with Crippen molar-refractivity contribution in [1.29, 1.82) is 0 Å². The Bertz CT molecular complexity index is 962. The number of benzene rings is 1. The molecule has 0 saturated carbocycles. The summed E-state index contributed by atoms with van der Waals surface area (Å²) in [6, 6.07) is 12.5. The fourth-order valence-electron chi connectivity index (χ4n) is 4.42. The normalized spacial score (nSPS) is 20.3. The number of Topliss-reactive ketones (excluding diaryl/α,β-unsaturated/α-hetero) is 1. The van der Waals surface area contributed by atoms with E-state index in [0.717, 1.165) is 27.8 Å². The topological polar surface area (TPSA) is 32.9 Å². The number of H-pyrrole nitrogens is 1. The molecular formula is C23H25NOS. The molecule has 0 radical (unpaired) electrons. The van der Waals surface area contributed by atoms with Gasteiger partial charge in [0.05, 0.1) is 15.9 Å². The lowest BCUT2D eigenvalue weighted by Crippen LogP contribution is -2.10. The Morgan fingerprint density at radius 1 is 1.27 bits per heavy atom. The van der Waals surface area contributed by atoms with Gasteiger partial charge in [0.25, 0.3) is 0 Å². The lowest BCUT2D eigenvalue weighted by Gasteiger charge is -2.23. The number of thiophene rings is 1. The fourth-order valence-corrected chi connectivity index (χ4v) is 5.20. The summed E-state index contributed by atoms with van der Waals surface area (Å²) in [6.07, 6.45) is 3.38. The van der Waals surface area contributed by atoms with Crippen LogP contribution in [0.2, 0.25) is 0 Å². The van der Waals surface area contributed by atoms with Gasteiger partial charge in [0.15, 0.2) is 0 Å². The van der Waals surface area contributed by atoms with Gasteiger partial charge in [-0.25, -0.2) is 0 Å². The molecule has 0 saturated heterocycles. The smallest absolute Gasteiger partial charge is 0.209 e. The third-order valence-corrected chi connectivity index (χ3v) is 6.66. The van der Waals surface area contributed by atoms with Crippen LogP contribution in [0.15, 0.2) is 47.4 Å². The molecule has 0 bridgehead atoms. The zero-order valence-corrected chi connectivity index (χ0v) is 16.5. The molecule has 2 aromatic heterocycles. The summed E-state index contributed by atoms with van der Waals surface area (Å²) in [6.45, 7) is 6.72. The van der Waals surface area contributed by atoms with Crippen molar-refractivity contribution in [3.63, 3.8) is 0 Å².